The number of para-hydroxylation sites is 1. The van der Waals surface area contributed by atoms with Crippen LogP contribution in [0, 0.1) is 6.92 Å². The van der Waals surface area contributed by atoms with Crippen LogP contribution in [0.25, 0.3) is 10.8 Å². The summed E-state index contributed by atoms with van der Waals surface area (Å²) in [6, 6.07) is 13.2. The quantitative estimate of drug-likeness (QED) is 0.558. The van der Waals surface area contributed by atoms with E-state index >= 15 is 0 Å². The molecule has 3 rings (SSSR count). The van der Waals surface area contributed by atoms with Crippen LogP contribution < -0.4 is 10.9 Å². The predicted octanol–water partition coefficient (Wildman–Crippen LogP) is 5.27. The van der Waals surface area contributed by atoms with Crippen molar-refractivity contribution in [3.8, 4) is 0 Å². The molecule has 0 radical (unpaired) electrons. The zero-order valence-corrected chi connectivity index (χ0v) is 17.7. The first-order chi connectivity index (χ1) is 13.9. The molecule has 0 bridgehead atoms. The molecule has 0 aliphatic heterocycles. The second-order valence-electron chi connectivity index (χ2n) is 7.78. The molecule has 3 aromatic rings. The molecule has 0 fully saturated rings. The Morgan fingerprint density at radius 3 is 2.48 bits per heavy atom. The summed E-state index contributed by atoms with van der Waals surface area (Å²) in [4.78, 5) is 26.1. The van der Waals surface area contributed by atoms with Crippen molar-refractivity contribution in [1.29, 1.82) is 0 Å². The van der Waals surface area contributed by atoms with Gasteiger partial charge in [-0.25, -0.2) is 4.68 Å². The fourth-order valence-corrected chi connectivity index (χ4v) is 3.58. The molecule has 0 saturated carbocycles. The van der Waals surface area contributed by atoms with Crippen LogP contribution in [-0.2, 0) is 6.54 Å². The van der Waals surface area contributed by atoms with Crippen LogP contribution in [0.5, 0.6) is 0 Å². The lowest BCUT2D eigenvalue weighted by atomic mass is 9.98. The standard InChI is InChI=1S/C24H29N3O2/c1-5-6-9-15-27-24(29)20-13-8-7-12-19(20)22(26-27)23(28)25-21-17(4)11-10-14-18(21)16(2)3/h7-8,10-14,16H,5-6,9,15H2,1-4H3,(H,25,28). The molecular formula is C24H29N3O2. The van der Waals surface area contributed by atoms with E-state index in [1.165, 1.54) is 4.68 Å². The van der Waals surface area contributed by atoms with Gasteiger partial charge in [0.2, 0.25) is 0 Å². The van der Waals surface area contributed by atoms with Gasteiger partial charge in [0.1, 0.15) is 0 Å². The summed E-state index contributed by atoms with van der Waals surface area (Å²) in [5.41, 5.74) is 3.05. The number of aryl methyl sites for hydroxylation is 2. The maximum Gasteiger partial charge on any atom is 0.276 e. The molecular weight excluding hydrogens is 362 g/mol. The molecule has 0 spiro atoms. The molecule has 1 amide bonds. The molecule has 0 atom stereocenters. The molecule has 152 valence electrons. The molecule has 1 aromatic heterocycles. The van der Waals surface area contributed by atoms with E-state index in [-0.39, 0.29) is 23.1 Å². The number of nitrogens with one attached hydrogen (secondary N) is 1. The summed E-state index contributed by atoms with van der Waals surface area (Å²) >= 11 is 0. The first kappa shape index (κ1) is 20.8. The van der Waals surface area contributed by atoms with Gasteiger partial charge in [0.15, 0.2) is 5.69 Å². The van der Waals surface area contributed by atoms with Crippen molar-refractivity contribution in [3.05, 3.63) is 69.6 Å². The van der Waals surface area contributed by atoms with Crippen LogP contribution in [-0.4, -0.2) is 15.7 Å². The molecule has 2 aromatic carbocycles. The lowest BCUT2D eigenvalue weighted by molar-refractivity contribution is 0.102. The molecule has 5 heteroatoms. The normalized spacial score (nSPS) is 11.2. The monoisotopic (exact) mass is 391 g/mol. The van der Waals surface area contributed by atoms with Crippen molar-refractivity contribution in [2.24, 2.45) is 0 Å². The van der Waals surface area contributed by atoms with Crippen molar-refractivity contribution in [1.82, 2.24) is 9.78 Å². The van der Waals surface area contributed by atoms with E-state index in [1.807, 2.05) is 37.3 Å². The summed E-state index contributed by atoms with van der Waals surface area (Å²) in [6.45, 7) is 8.82. The molecule has 0 saturated heterocycles. The summed E-state index contributed by atoms with van der Waals surface area (Å²) < 4.78 is 1.44. The Morgan fingerprint density at radius 2 is 1.79 bits per heavy atom. The number of carbonyl (C=O) groups excluding carboxylic acids is 1. The van der Waals surface area contributed by atoms with E-state index in [0.29, 0.717) is 17.3 Å². The van der Waals surface area contributed by atoms with E-state index in [2.05, 4.69) is 31.2 Å². The van der Waals surface area contributed by atoms with Gasteiger partial charge in [0.25, 0.3) is 11.5 Å². The lowest BCUT2D eigenvalue weighted by Gasteiger charge is -2.17. The maximum absolute atomic E-state index is 13.3. The van der Waals surface area contributed by atoms with Crippen LogP contribution in [0.2, 0.25) is 0 Å². The number of benzene rings is 2. The highest BCUT2D eigenvalue weighted by atomic mass is 16.2. The Morgan fingerprint density at radius 1 is 1.07 bits per heavy atom. The Kier molecular flexibility index (Phi) is 6.47. The minimum atomic E-state index is -0.290. The summed E-state index contributed by atoms with van der Waals surface area (Å²) in [5, 5.41) is 8.64. The van der Waals surface area contributed by atoms with Gasteiger partial charge < -0.3 is 5.32 Å². The third kappa shape index (κ3) is 4.39. The highest BCUT2D eigenvalue weighted by Gasteiger charge is 2.19. The average Bonchev–Trinajstić information content (AvgIpc) is 2.71. The first-order valence-corrected chi connectivity index (χ1v) is 10.3. The molecule has 1 heterocycles. The number of fused-ring (bicyclic) bond motifs is 1. The van der Waals surface area contributed by atoms with Crippen LogP contribution in [0.15, 0.2) is 47.3 Å². The Labute approximate surface area is 171 Å². The number of anilines is 1. The van der Waals surface area contributed by atoms with Gasteiger partial charge in [-0.3, -0.25) is 9.59 Å². The van der Waals surface area contributed by atoms with E-state index in [0.717, 1.165) is 36.1 Å². The fraction of sp³-hybridized carbons (Fsp3) is 0.375. The molecule has 0 unspecified atom stereocenters. The van der Waals surface area contributed by atoms with Crippen LogP contribution in [0.4, 0.5) is 5.69 Å². The second kappa shape index (κ2) is 9.03. The van der Waals surface area contributed by atoms with Gasteiger partial charge in [-0.2, -0.15) is 5.10 Å². The minimum absolute atomic E-state index is 0.146. The van der Waals surface area contributed by atoms with Crippen molar-refractivity contribution < 1.29 is 4.79 Å². The Bertz CT molecular complexity index is 1080. The minimum Gasteiger partial charge on any atom is -0.320 e. The zero-order chi connectivity index (χ0) is 21.0. The number of aromatic nitrogens is 2. The number of amides is 1. The SMILES string of the molecule is CCCCCn1nc(C(=O)Nc2c(C)cccc2C(C)C)c2ccccc2c1=O. The first-order valence-electron chi connectivity index (χ1n) is 10.3. The van der Waals surface area contributed by atoms with Gasteiger partial charge in [-0.05, 0) is 36.5 Å². The molecule has 0 aliphatic rings. The number of hydrogen-bond donors (Lipinski definition) is 1. The summed E-state index contributed by atoms with van der Waals surface area (Å²) in [5.74, 6) is -0.0143. The van der Waals surface area contributed by atoms with E-state index in [4.69, 9.17) is 0 Å². The average molecular weight is 392 g/mol. The molecule has 5 nitrogen and oxygen atoms in total. The van der Waals surface area contributed by atoms with Gasteiger partial charge >= 0.3 is 0 Å². The number of unbranched alkanes of at least 4 members (excludes halogenated alkanes) is 2. The van der Waals surface area contributed by atoms with Crippen molar-refractivity contribution in [2.45, 2.75) is 59.4 Å². The third-order valence-corrected chi connectivity index (χ3v) is 5.22. The van der Waals surface area contributed by atoms with Gasteiger partial charge in [0, 0.05) is 17.6 Å². The van der Waals surface area contributed by atoms with E-state index < -0.39 is 0 Å². The molecule has 0 aliphatic carbocycles. The lowest BCUT2D eigenvalue weighted by Crippen LogP contribution is -2.28. The van der Waals surface area contributed by atoms with Crippen molar-refractivity contribution in [2.75, 3.05) is 5.32 Å². The second-order valence-corrected chi connectivity index (χ2v) is 7.78. The summed E-state index contributed by atoms with van der Waals surface area (Å²) in [6.07, 6.45) is 2.93. The molecule has 29 heavy (non-hydrogen) atoms. The third-order valence-electron chi connectivity index (χ3n) is 5.22. The topological polar surface area (TPSA) is 64.0 Å². The number of hydrogen-bond acceptors (Lipinski definition) is 3. The van der Waals surface area contributed by atoms with Crippen LogP contribution in [0.1, 0.15) is 67.6 Å². The van der Waals surface area contributed by atoms with Crippen molar-refractivity contribution >= 4 is 22.4 Å². The number of nitrogens with zero attached hydrogens (tertiary/aromatic N) is 2. The van der Waals surface area contributed by atoms with Gasteiger partial charge in [-0.1, -0.05) is 70.0 Å². The Balaban J connectivity index is 2.06. The van der Waals surface area contributed by atoms with E-state index in [9.17, 15) is 9.59 Å². The van der Waals surface area contributed by atoms with Gasteiger partial charge in [0.05, 0.1) is 5.39 Å². The highest BCUT2D eigenvalue weighted by molar-refractivity contribution is 6.11. The number of rotatable bonds is 7. The highest BCUT2D eigenvalue weighted by Crippen LogP contribution is 2.28. The molecule has 1 N–H and O–H groups in total. The largest absolute Gasteiger partial charge is 0.320 e. The maximum atomic E-state index is 13.3. The van der Waals surface area contributed by atoms with Crippen LogP contribution >= 0.6 is 0 Å². The zero-order valence-electron chi connectivity index (χ0n) is 17.7. The summed E-state index contributed by atoms with van der Waals surface area (Å²) in [7, 11) is 0. The Hall–Kier alpha value is -2.95. The predicted molar refractivity (Wildman–Crippen MR) is 119 cm³/mol. The van der Waals surface area contributed by atoms with Crippen LogP contribution in [0.3, 0.4) is 0 Å². The van der Waals surface area contributed by atoms with E-state index in [1.54, 1.807) is 12.1 Å². The van der Waals surface area contributed by atoms with Gasteiger partial charge in [-0.15, -0.1) is 0 Å². The fourth-order valence-electron chi connectivity index (χ4n) is 3.58. The smallest absolute Gasteiger partial charge is 0.276 e. The van der Waals surface area contributed by atoms with Crippen molar-refractivity contribution in [3.63, 3.8) is 0 Å². The number of carbonyl (C=O) groups is 1.